The van der Waals surface area contributed by atoms with E-state index >= 15 is 0 Å². The number of pyridine rings is 1. The molecule has 1 aromatic carbocycles. The molecule has 1 atom stereocenters. The molecule has 1 aromatic heterocycles. The molecule has 0 spiro atoms. The Hall–Kier alpha value is -1.39. The molecule has 1 heterocycles. The highest BCUT2D eigenvalue weighted by Crippen LogP contribution is 2.35. The van der Waals surface area contributed by atoms with E-state index in [2.05, 4.69) is 20.9 Å². The molecule has 4 heteroatoms. The Bertz CT molecular complexity index is 598. The Labute approximate surface area is 126 Å². The predicted octanol–water partition coefficient (Wildman–Crippen LogP) is 3.79. The third-order valence-electron chi connectivity index (χ3n) is 3.60. The Morgan fingerprint density at radius 3 is 3.00 bits per heavy atom. The van der Waals surface area contributed by atoms with Gasteiger partial charge in [-0.05, 0) is 64.5 Å². The highest BCUT2D eigenvalue weighted by Gasteiger charge is 2.20. The molecule has 1 aliphatic carbocycles. The first-order valence-electron chi connectivity index (χ1n) is 6.77. The van der Waals surface area contributed by atoms with Crippen molar-refractivity contribution in [3.05, 3.63) is 57.8 Å². The van der Waals surface area contributed by atoms with Crippen LogP contribution in [0.4, 0.5) is 0 Å². The SMILES string of the molecule is OC1CCCc2c(OCc3ccc(Br)cn3)cccc21. The second-order valence-corrected chi connectivity index (χ2v) is 5.90. The number of aliphatic hydroxyl groups is 1. The summed E-state index contributed by atoms with van der Waals surface area (Å²) in [4.78, 5) is 4.30. The van der Waals surface area contributed by atoms with Crippen molar-refractivity contribution in [2.45, 2.75) is 32.0 Å². The second kappa shape index (κ2) is 5.94. The lowest BCUT2D eigenvalue weighted by molar-refractivity contribution is 0.155. The van der Waals surface area contributed by atoms with Crippen LogP contribution in [0, 0.1) is 0 Å². The van der Waals surface area contributed by atoms with Crippen LogP contribution in [-0.4, -0.2) is 10.1 Å². The van der Waals surface area contributed by atoms with Crippen molar-refractivity contribution in [1.29, 1.82) is 0 Å². The zero-order valence-corrected chi connectivity index (χ0v) is 12.6. The van der Waals surface area contributed by atoms with Gasteiger partial charge in [-0.15, -0.1) is 0 Å². The molecule has 1 aliphatic rings. The molecule has 0 aliphatic heterocycles. The van der Waals surface area contributed by atoms with Crippen LogP contribution in [0.5, 0.6) is 5.75 Å². The summed E-state index contributed by atoms with van der Waals surface area (Å²) in [5, 5.41) is 10.0. The van der Waals surface area contributed by atoms with E-state index in [4.69, 9.17) is 4.74 Å². The van der Waals surface area contributed by atoms with Crippen LogP contribution in [0.2, 0.25) is 0 Å². The fraction of sp³-hybridized carbons (Fsp3) is 0.312. The topological polar surface area (TPSA) is 42.4 Å². The smallest absolute Gasteiger partial charge is 0.130 e. The molecule has 0 saturated heterocycles. The molecule has 0 saturated carbocycles. The number of aliphatic hydroxyl groups excluding tert-OH is 1. The highest BCUT2D eigenvalue weighted by atomic mass is 79.9. The van der Waals surface area contributed by atoms with Crippen molar-refractivity contribution in [3.63, 3.8) is 0 Å². The molecule has 0 amide bonds. The average molecular weight is 334 g/mol. The predicted molar refractivity (Wildman–Crippen MR) is 80.6 cm³/mol. The van der Waals surface area contributed by atoms with Gasteiger partial charge in [-0.25, -0.2) is 0 Å². The summed E-state index contributed by atoms with van der Waals surface area (Å²) in [6.45, 7) is 0.444. The first-order valence-corrected chi connectivity index (χ1v) is 7.56. The molecule has 3 nitrogen and oxygen atoms in total. The summed E-state index contributed by atoms with van der Waals surface area (Å²) < 4.78 is 6.85. The number of rotatable bonds is 3. The molecule has 3 rings (SSSR count). The molecule has 1 N–H and O–H groups in total. The van der Waals surface area contributed by atoms with Crippen LogP contribution in [0.25, 0.3) is 0 Å². The summed E-state index contributed by atoms with van der Waals surface area (Å²) in [6, 6.07) is 9.79. The highest BCUT2D eigenvalue weighted by molar-refractivity contribution is 9.10. The number of hydrogen-bond acceptors (Lipinski definition) is 3. The van der Waals surface area contributed by atoms with E-state index in [1.54, 1.807) is 6.20 Å². The number of benzene rings is 1. The maximum absolute atomic E-state index is 10.0. The van der Waals surface area contributed by atoms with Crippen molar-refractivity contribution in [3.8, 4) is 5.75 Å². The van der Waals surface area contributed by atoms with Crippen LogP contribution < -0.4 is 4.74 Å². The van der Waals surface area contributed by atoms with Gasteiger partial charge in [0.15, 0.2) is 0 Å². The summed E-state index contributed by atoms with van der Waals surface area (Å²) in [5.74, 6) is 0.867. The van der Waals surface area contributed by atoms with Gasteiger partial charge in [0.25, 0.3) is 0 Å². The van der Waals surface area contributed by atoms with E-state index in [0.29, 0.717) is 6.61 Å². The largest absolute Gasteiger partial charge is 0.487 e. The fourth-order valence-corrected chi connectivity index (χ4v) is 2.80. The van der Waals surface area contributed by atoms with E-state index in [1.807, 2.05) is 30.3 Å². The van der Waals surface area contributed by atoms with Gasteiger partial charge in [-0.1, -0.05) is 12.1 Å². The molecule has 0 radical (unpaired) electrons. The second-order valence-electron chi connectivity index (χ2n) is 4.99. The van der Waals surface area contributed by atoms with Gasteiger partial charge in [0.1, 0.15) is 12.4 Å². The van der Waals surface area contributed by atoms with E-state index < -0.39 is 0 Å². The van der Waals surface area contributed by atoms with Gasteiger partial charge in [-0.3, -0.25) is 4.98 Å². The lowest BCUT2D eigenvalue weighted by Gasteiger charge is -2.23. The summed E-state index contributed by atoms with van der Waals surface area (Å²) in [5.41, 5.74) is 3.04. The number of hydrogen-bond donors (Lipinski definition) is 1. The normalized spacial score (nSPS) is 17.6. The van der Waals surface area contributed by atoms with Gasteiger partial charge in [0.2, 0.25) is 0 Å². The van der Waals surface area contributed by atoms with E-state index in [1.165, 1.54) is 0 Å². The van der Waals surface area contributed by atoms with Gasteiger partial charge >= 0.3 is 0 Å². The molecule has 20 heavy (non-hydrogen) atoms. The lowest BCUT2D eigenvalue weighted by Crippen LogP contribution is -2.11. The van der Waals surface area contributed by atoms with Crippen molar-refractivity contribution in [2.24, 2.45) is 0 Å². The van der Waals surface area contributed by atoms with Gasteiger partial charge in [0, 0.05) is 10.7 Å². The Morgan fingerprint density at radius 2 is 2.20 bits per heavy atom. The molecule has 1 unspecified atom stereocenters. The van der Waals surface area contributed by atoms with Crippen LogP contribution in [0.3, 0.4) is 0 Å². The average Bonchev–Trinajstić information content (AvgIpc) is 2.47. The maximum Gasteiger partial charge on any atom is 0.130 e. The first-order chi connectivity index (χ1) is 9.74. The van der Waals surface area contributed by atoms with Crippen LogP contribution in [0.15, 0.2) is 41.0 Å². The zero-order chi connectivity index (χ0) is 13.9. The van der Waals surface area contributed by atoms with Crippen LogP contribution in [0.1, 0.15) is 35.8 Å². The Morgan fingerprint density at radius 1 is 1.30 bits per heavy atom. The summed E-state index contributed by atoms with van der Waals surface area (Å²) in [7, 11) is 0. The van der Waals surface area contributed by atoms with Crippen LogP contribution >= 0.6 is 15.9 Å². The molecule has 2 aromatic rings. The first kappa shape index (κ1) is 13.6. The molecular formula is C16H16BrNO2. The van der Waals surface area contributed by atoms with Gasteiger partial charge in [-0.2, -0.15) is 0 Å². The lowest BCUT2D eigenvalue weighted by atomic mass is 9.89. The van der Waals surface area contributed by atoms with Crippen LogP contribution in [-0.2, 0) is 13.0 Å². The van der Waals surface area contributed by atoms with Gasteiger partial charge < -0.3 is 9.84 Å². The standard InChI is InChI=1S/C16H16BrNO2/c17-11-7-8-12(18-9-11)10-20-16-6-2-3-13-14(16)4-1-5-15(13)19/h2-3,6-9,15,19H,1,4-5,10H2. The Kier molecular flexibility index (Phi) is 4.03. The third kappa shape index (κ3) is 2.86. The minimum Gasteiger partial charge on any atom is -0.487 e. The minimum absolute atomic E-state index is 0.354. The number of halogens is 1. The van der Waals surface area contributed by atoms with E-state index in [0.717, 1.165) is 46.3 Å². The van der Waals surface area contributed by atoms with E-state index in [9.17, 15) is 5.11 Å². The van der Waals surface area contributed by atoms with Crippen molar-refractivity contribution in [1.82, 2.24) is 4.98 Å². The van der Waals surface area contributed by atoms with E-state index in [-0.39, 0.29) is 6.10 Å². The molecule has 0 fully saturated rings. The third-order valence-corrected chi connectivity index (χ3v) is 4.07. The summed E-state index contributed by atoms with van der Waals surface area (Å²) in [6.07, 6.45) is 4.22. The number of fused-ring (bicyclic) bond motifs is 1. The Balaban J connectivity index is 1.78. The summed E-state index contributed by atoms with van der Waals surface area (Å²) >= 11 is 3.37. The van der Waals surface area contributed by atoms with Crippen molar-refractivity contribution >= 4 is 15.9 Å². The quantitative estimate of drug-likeness (QED) is 0.929. The maximum atomic E-state index is 10.0. The molecule has 0 bridgehead atoms. The number of nitrogens with zero attached hydrogens (tertiary/aromatic N) is 1. The number of aromatic nitrogens is 1. The van der Waals surface area contributed by atoms with Crippen molar-refractivity contribution < 1.29 is 9.84 Å². The molecule has 104 valence electrons. The molecular weight excluding hydrogens is 318 g/mol. The van der Waals surface area contributed by atoms with Crippen molar-refractivity contribution in [2.75, 3.05) is 0 Å². The monoisotopic (exact) mass is 333 g/mol. The van der Waals surface area contributed by atoms with Gasteiger partial charge in [0.05, 0.1) is 11.8 Å². The fourth-order valence-electron chi connectivity index (χ4n) is 2.57. The zero-order valence-electron chi connectivity index (χ0n) is 11.1. The number of ether oxygens (including phenoxy) is 1. The minimum atomic E-state index is -0.354.